The number of imide groups is 1. The first-order valence-corrected chi connectivity index (χ1v) is 12.0. The lowest BCUT2D eigenvalue weighted by atomic mass is 9.81. The second-order valence-corrected chi connectivity index (χ2v) is 9.95. The molecule has 2 atom stereocenters. The Morgan fingerprint density at radius 2 is 1.74 bits per heavy atom. The van der Waals surface area contributed by atoms with Gasteiger partial charge in [-0.15, -0.1) is 0 Å². The number of anilines is 1. The van der Waals surface area contributed by atoms with Gasteiger partial charge in [0, 0.05) is 5.02 Å². The van der Waals surface area contributed by atoms with E-state index in [1.807, 2.05) is 0 Å². The molecular weight excluding hydrogens is 440 g/mol. The van der Waals surface area contributed by atoms with Crippen molar-refractivity contribution in [2.24, 2.45) is 11.8 Å². The zero-order valence-electron chi connectivity index (χ0n) is 17.0. The predicted octanol–water partition coefficient (Wildman–Crippen LogP) is 3.82. The van der Waals surface area contributed by atoms with Crippen molar-refractivity contribution in [2.75, 3.05) is 11.8 Å². The number of halogens is 1. The molecule has 0 unspecified atom stereocenters. The second-order valence-electron chi connectivity index (χ2n) is 7.86. The van der Waals surface area contributed by atoms with Gasteiger partial charge >= 0.3 is 0 Å². The summed E-state index contributed by atoms with van der Waals surface area (Å²) in [5, 5.41) is 0.397. The fraction of sp³-hybridized carbons (Fsp3) is 0.364. The molecule has 1 N–H and O–H groups in total. The number of likely N-dealkylation sites (tertiary alicyclic amines) is 1. The summed E-state index contributed by atoms with van der Waals surface area (Å²) < 4.78 is 33.8. The first-order chi connectivity index (χ1) is 14.8. The number of nitrogens with one attached hydrogen (secondary N) is 1. The number of rotatable bonds is 6. The van der Waals surface area contributed by atoms with Crippen molar-refractivity contribution in [3.63, 3.8) is 0 Å². The molecule has 0 aromatic heterocycles. The Labute approximate surface area is 186 Å². The van der Waals surface area contributed by atoms with E-state index in [2.05, 4.69) is 4.72 Å². The minimum absolute atomic E-state index is 0.0361. The number of carbonyl (C=O) groups is 2. The van der Waals surface area contributed by atoms with Crippen LogP contribution in [0.1, 0.15) is 31.2 Å². The van der Waals surface area contributed by atoms with Gasteiger partial charge in [-0.2, -0.15) is 0 Å². The topological polar surface area (TPSA) is 92.8 Å². The Morgan fingerprint density at radius 3 is 2.35 bits per heavy atom. The largest absolute Gasteiger partial charge is 0.495 e. The molecular formula is C22H23ClN2O5S. The minimum Gasteiger partial charge on any atom is -0.495 e. The molecule has 2 aliphatic rings. The van der Waals surface area contributed by atoms with Crippen molar-refractivity contribution in [3.05, 3.63) is 53.1 Å². The fourth-order valence-corrected chi connectivity index (χ4v) is 5.82. The molecule has 2 fully saturated rings. The van der Waals surface area contributed by atoms with Gasteiger partial charge in [0.05, 0.1) is 31.2 Å². The number of hydrogen-bond donors (Lipinski definition) is 1. The van der Waals surface area contributed by atoms with Crippen LogP contribution in [0.5, 0.6) is 5.75 Å². The molecule has 0 spiro atoms. The Bertz CT molecular complexity index is 1110. The van der Waals surface area contributed by atoms with Crippen LogP contribution in [0.2, 0.25) is 5.02 Å². The third-order valence-electron chi connectivity index (χ3n) is 5.87. The predicted molar refractivity (Wildman–Crippen MR) is 116 cm³/mol. The van der Waals surface area contributed by atoms with Crippen LogP contribution in [-0.4, -0.2) is 32.2 Å². The van der Waals surface area contributed by atoms with Gasteiger partial charge < -0.3 is 4.74 Å². The normalized spacial score (nSPS) is 21.2. The number of fused-ring (bicyclic) bond motifs is 1. The van der Waals surface area contributed by atoms with Gasteiger partial charge in [-0.1, -0.05) is 36.6 Å². The van der Waals surface area contributed by atoms with E-state index in [1.54, 1.807) is 24.3 Å². The number of sulfonamides is 1. The standard InChI is InChI=1S/C22H23ClN2O5S/c1-30-19-10-9-14(13-25-21(26)17-7-2-3-8-18(17)22(25)27)11-20(19)31(28,29)24-16-6-4-5-15(23)12-16/h4-6,9-12,17-18,24H,2-3,7-8,13H2,1H3/t17-,18-/m1/s1. The van der Waals surface area contributed by atoms with E-state index in [0.29, 0.717) is 16.3 Å². The molecule has 4 rings (SSSR count). The summed E-state index contributed by atoms with van der Waals surface area (Å²) in [5.41, 5.74) is 0.849. The van der Waals surface area contributed by atoms with E-state index < -0.39 is 10.0 Å². The van der Waals surface area contributed by atoms with Crippen LogP contribution in [0.15, 0.2) is 47.4 Å². The molecule has 2 aromatic rings. The van der Waals surface area contributed by atoms with Crippen LogP contribution in [0.4, 0.5) is 5.69 Å². The maximum atomic E-state index is 13.0. The van der Waals surface area contributed by atoms with E-state index in [-0.39, 0.29) is 40.8 Å². The lowest BCUT2D eigenvalue weighted by Crippen LogP contribution is -2.30. The monoisotopic (exact) mass is 462 g/mol. The fourth-order valence-electron chi connectivity index (χ4n) is 4.36. The number of hydrogen-bond acceptors (Lipinski definition) is 5. The summed E-state index contributed by atoms with van der Waals surface area (Å²) in [6, 6.07) is 11.0. The SMILES string of the molecule is COc1ccc(CN2C(=O)[C@@H]3CCCC[C@H]3C2=O)cc1S(=O)(=O)Nc1cccc(Cl)c1. The van der Waals surface area contributed by atoms with Crippen LogP contribution < -0.4 is 9.46 Å². The molecule has 7 nitrogen and oxygen atoms in total. The number of ether oxygens (including phenoxy) is 1. The second kappa shape index (κ2) is 8.51. The van der Waals surface area contributed by atoms with Gasteiger partial charge in [0.15, 0.2) is 0 Å². The summed E-state index contributed by atoms with van der Waals surface area (Å²) in [6.45, 7) is 0.0361. The summed E-state index contributed by atoms with van der Waals surface area (Å²) in [5.74, 6) is -0.649. The lowest BCUT2D eigenvalue weighted by molar-refractivity contribution is -0.140. The van der Waals surface area contributed by atoms with Crippen molar-refractivity contribution < 1.29 is 22.7 Å². The van der Waals surface area contributed by atoms with Crippen molar-refractivity contribution in [3.8, 4) is 5.75 Å². The van der Waals surface area contributed by atoms with Crippen LogP contribution in [0, 0.1) is 11.8 Å². The van der Waals surface area contributed by atoms with Gasteiger partial charge in [-0.25, -0.2) is 8.42 Å². The highest BCUT2D eigenvalue weighted by Gasteiger charge is 2.47. The Hall–Kier alpha value is -2.58. The van der Waals surface area contributed by atoms with Crippen LogP contribution in [-0.2, 0) is 26.2 Å². The summed E-state index contributed by atoms with van der Waals surface area (Å²) in [7, 11) is -2.62. The van der Waals surface area contributed by atoms with Crippen molar-refractivity contribution in [1.29, 1.82) is 0 Å². The Kier molecular flexibility index (Phi) is 5.94. The van der Waals surface area contributed by atoms with Gasteiger partial charge in [-0.3, -0.25) is 19.2 Å². The highest BCUT2D eigenvalue weighted by atomic mass is 35.5. The number of benzene rings is 2. The molecule has 1 saturated heterocycles. The number of carbonyl (C=O) groups excluding carboxylic acids is 2. The van der Waals surface area contributed by atoms with Crippen molar-refractivity contribution in [1.82, 2.24) is 4.90 Å². The highest BCUT2D eigenvalue weighted by Crippen LogP contribution is 2.39. The Morgan fingerprint density at radius 1 is 1.06 bits per heavy atom. The maximum Gasteiger partial charge on any atom is 0.265 e. The van der Waals surface area contributed by atoms with E-state index in [1.165, 1.54) is 30.2 Å². The first kappa shape index (κ1) is 21.6. The zero-order valence-corrected chi connectivity index (χ0v) is 18.6. The molecule has 0 radical (unpaired) electrons. The van der Waals surface area contributed by atoms with Gasteiger partial charge in [-0.05, 0) is 48.7 Å². The van der Waals surface area contributed by atoms with Gasteiger partial charge in [0.1, 0.15) is 10.6 Å². The summed E-state index contributed by atoms with van der Waals surface area (Å²) in [4.78, 5) is 26.7. The van der Waals surface area contributed by atoms with Gasteiger partial charge in [0.2, 0.25) is 11.8 Å². The molecule has 1 aliphatic heterocycles. The summed E-state index contributed by atoms with van der Waals surface area (Å²) in [6.07, 6.45) is 3.37. The molecule has 31 heavy (non-hydrogen) atoms. The minimum atomic E-state index is -4.00. The highest BCUT2D eigenvalue weighted by molar-refractivity contribution is 7.92. The first-order valence-electron chi connectivity index (χ1n) is 10.1. The average molecular weight is 463 g/mol. The molecule has 2 aromatic carbocycles. The van der Waals surface area contributed by atoms with Crippen molar-refractivity contribution in [2.45, 2.75) is 37.1 Å². The lowest BCUT2D eigenvalue weighted by Gasteiger charge is -2.19. The number of nitrogens with zero attached hydrogens (tertiary/aromatic N) is 1. The summed E-state index contributed by atoms with van der Waals surface area (Å²) >= 11 is 5.95. The van der Waals surface area contributed by atoms with E-state index in [4.69, 9.17) is 16.3 Å². The van der Waals surface area contributed by atoms with Crippen molar-refractivity contribution >= 4 is 39.1 Å². The quantitative estimate of drug-likeness (QED) is 0.658. The maximum absolute atomic E-state index is 13.0. The number of amides is 2. The number of methoxy groups -OCH3 is 1. The molecule has 1 saturated carbocycles. The van der Waals surface area contributed by atoms with E-state index in [0.717, 1.165) is 25.7 Å². The third kappa shape index (κ3) is 4.27. The molecule has 1 aliphatic carbocycles. The van der Waals surface area contributed by atoms with E-state index >= 15 is 0 Å². The van der Waals surface area contributed by atoms with E-state index in [9.17, 15) is 18.0 Å². The smallest absolute Gasteiger partial charge is 0.265 e. The van der Waals surface area contributed by atoms with Crippen LogP contribution in [0.25, 0.3) is 0 Å². The molecule has 1 heterocycles. The third-order valence-corrected chi connectivity index (χ3v) is 7.51. The molecule has 2 amide bonds. The van der Waals surface area contributed by atoms with Crippen LogP contribution >= 0.6 is 11.6 Å². The Balaban J connectivity index is 1.62. The molecule has 164 valence electrons. The van der Waals surface area contributed by atoms with Gasteiger partial charge in [0.25, 0.3) is 10.0 Å². The van der Waals surface area contributed by atoms with Crippen LogP contribution in [0.3, 0.4) is 0 Å². The average Bonchev–Trinajstić information content (AvgIpc) is 2.98. The molecule has 9 heteroatoms. The molecule has 0 bridgehead atoms. The zero-order chi connectivity index (χ0) is 22.2.